The molecule has 1 saturated carbocycles. The molecule has 0 aliphatic heterocycles. The molecule has 26 heavy (non-hydrogen) atoms. The van der Waals surface area contributed by atoms with Crippen molar-refractivity contribution in [3.05, 3.63) is 53.6 Å². The molecule has 0 heterocycles. The number of hydrogen-bond donors (Lipinski definition) is 0. The summed E-state index contributed by atoms with van der Waals surface area (Å²) in [7, 11) is 0. The smallest absolute Gasteiger partial charge is 0.201 e. The van der Waals surface area contributed by atoms with E-state index in [1.165, 1.54) is 50.2 Å². The first-order valence-electron chi connectivity index (χ1n) is 9.85. The molecule has 3 rings (SSSR count). The van der Waals surface area contributed by atoms with Gasteiger partial charge in [-0.15, -0.1) is 0 Å². The lowest BCUT2D eigenvalue weighted by molar-refractivity contribution is 0.314. The van der Waals surface area contributed by atoms with E-state index in [0.717, 1.165) is 5.92 Å². The number of hydrogen-bond acceptors (Lipinski definition) is 1. The fraction of sp³-hybridized carbons (Fsp3) is 0.478. The van der Waals surface area contributed by atoms with Crippen molar-refractivity contribution >= 4 is 0 Å². The van der Waals surface area contributed by atoms with Gasteiger partial charge in [-0.05, 0) is 61.3 Å². The van der Waals surface area contributed by atoms with Crippen LogP contribution in [0.15, 0.2) is 36.4 Å². The Morgan fingerprint density at radius 1 is 0.962 bits per heavy atom. The molecular formula is C23H28F2O. The molecule has 2 atom stereocenters. The average Bonchev–Trinajstić information content (AvgIpc) is 3.13. The average molecular weight is 358 g/mol. The Kier molecular flexibility index (Phi) is 6.29. The van der Waals surface area contributed by atoms with Crippen LogP contribution in [0, 0.1) is 17.6 Å². The van der Waals surface area contributed by atoms with Crippen molar-refractivity contribution in [3.8, 4) is 16.9 Å². The lowest BCUT2D eigenvalue weighted by Gasteiger charge is -2.13. The Hall–Kier alpha value is -1.90. The van der Waals surface area contributed by atoms with E-state index in [9.17, 15) is 8.78 Å². The summed E-state index contributed by atoms with van der Waals surface area (Å²) < 4.78 is 33.6. The highest BCUT2D eigenvalue weighted by Crippen LogP contribution is 2.41. The Morgan fingerprint density at radius 2 is 1.73 bits per heavy atom. The predicted molar refractivity (Wildman–Crippen MR) is 103 cm³/mol. The molecule has 0 spiro atoms. The van der Waals surface area contributed by atoms with Gasteiger partial charge in [0, 0.05) is 5.56 Å². The second-order valence-corrected chi connectivity index (χ2v) is 7.31. The van der Waals surface area contributed by atoms with Crippen LogP contribution in [-0.4, -0.2) is 6.61 Å². The molecule has 3 heteroatoms. The molecule has 0 radical (unpaired) electrons. The van der Waals surface area contributed by atoms with Gasteiger partial charge in [0.1, 0.15) is 0 Å². The van der Waals surface area contributed by atoms with Gasteiger partial charge in [-0.3, -0.25) is 0 Å². The number of halogens is 2. The van der Waals surface area contributed by atoms with Gasteiger partial charge < -0.3 is 4.74 Å². The zero-order valence-corrected chi connectivity index (χ0v) is 15.7. The molecule has 0 N–H and O–H groups in total. The van der Waals surface area contributed by atoms with Crippen molar-refractivity contribution in [2.75, 3.05) is 6.61 Å². The van der Waals surface area contributed by atoms with Crippen molar-refractivity contribution in [1.82, 2.24) is 0 Å². The molecule has 0 aromatic heterocycles. The molecular weight excluding hydrogens is 330 g/mol. The fourth-order valence-electron chi connectivity index (χ4n) is 4.09. The molecule has 2 unspecified atom stereocenters. The zero-order valence-electron chi connectivity index (χ0n) is 15.7. The van der Waals surface area contributed by atoms with Gasteiger partial charge in [0.2, 0.25) is 5.82 Å². The number of unbranched alkanes of at least 4 members (excludes halogenated alkanes) is 1. The first-order valence-corrected chi connectivity index (χ1v) is 9.85. The molecule has 2 aromatic rings. The third-order valence-corrected chi connectivity index (χ3v) is 5.55. The van der Waals surface area contributed by atoms with Crippen molar-refractivity contribution < 1.29 is 13.5 Å². The van der Waals surface area contributed by atoms with E-state index in [0.29, 0.717) is 18.1 Å². The van der Waals surface area contributed by atoms with Crippen LogP contribution in [0.4, 0.5) is 8.78 Å². The fourth-order valence-corrected chi connectivity index (χ4v) is 4.09. The van der Waals surface area contributed by atoms with Crippen LogP contribution in [-0.2, 0) is 0 Å². The summed E-state index contributed by atoms with van der Waals surface area (Å²) in [6.45, 7) is 4.30. The van der Waals surface area contributed by atoms with Gasteiger partial charge in [0.15, 0.2) is 11.6 Å². The van der Waals surface area contributed by atoms with E-state index >= 15 is 0 Å². The standard InChI is InChI=1S/C23H28F2O/c1-3-5-6-16-7-8-19(15-16)17-9-11-18(12-10-17)20-13-14-21(26-4-2)23(25)22(20)24/h9-14,16,19H,3-8,15H2,1-2H3. The summed E-state index contributed by atoms with van der Waals surface area (Å²) in [6, 6.07) is 11.1. The summed E-state index contributed by atoms with van der Waals surface area (Å²) in [6.07, 6.45) is 7.72. The molecule has 140 valence electrons. The van der Waals surface area contributed by atoms with Gasteiger partial charge in [-0.25, -0.2) is 4.39 Å². The van der Waals surface area contributed by atoms with E-state index in [1.807, 2.05) is 12.1 Å². The number of ether oxygens (including phenoxy) is 1. The van der Waals surface area contributed by atoms with E-state index in [2.05, 4.69) is 19.1 Å². The van der Waals surface area contributed by atoms with Crippen LogP contribution in [0.1, 0.15) is 63.9 Å². The van der Waals surface area contributed by atoms with Crippen LogP contribution in [0.5, 0.6) is 5.75 Å². The monoisotopic (exact) mass is 358 g/mol. The Morgan fingerprint density at radius 3 is 2.42 bits per heavy atom. The maximum absolute atomic E-state index is 14.4. The summed E-state index contributed by atoms with van der Waals surface area (Å²) in [5, 5.41) is 0. The van der Waals surface area contributed by atoms with E-state index < -0.39 is 11.6 Å². The Balaban J connectivity index is 1.73. The molecule has 1 fully saturated rings. The van der Waals surface area contributed by atoms with Gasteiger partial charge in [-0.2, -0.15) is 4.39 Å². The van der Waals surface area contributed by atoms with Crippen LogP contribution in [0.2, 0.25) is 0 Å². The van der Waals surface area contributed by atoms with Crippen molar-refractivity contribution in [2.24, 2.45) is 5.92 Å². The third-order valence-electron chi connectivity index (χ3n) is 5.55. The summed E-state index contributed by atoms with van der Waals surface area (Å²) >= 11 is 0. The van der Waals surface area contributed by atoms with Gasteiger partial charge in [0.25, 0.3) is 0 Å². The quantitative estimate of drug-likeness (QED) is 0.513. The minimum absolute atomic E-state index is 0.0329. The summed E-state index contributed by atoms with van der Waals surface area (Å²) in [4.78, 5) is 0. The molecule has 2 aromatic carbocycles. The van der Waals surface area contributed by atoms with E-state index in [1.54, 1.807) is 13.0 Å². The van der Waals surface area contributed by atoms with Crippen molar-refractivity contribution in [2.45, 2.75) is 58.3 Å². The van der Waals surface area contributed by atoms with Gasteiger partial charge >= 0.3 is 0 Å². The SMILES string of the molecule is CCCCC1CCC(c2ccc(-c3ccc(OCC)c(F)c3F)cc2)C1. The minimum atomic E-state index is -0.914. The lowest BCUT2D eigenvalue weighted by Crippen LogP contribution is -1.99. The minimum Gasteiger partial charge on any atom is -0.491 e. The highest BCUT2D eigenvalue weighted by Gasteiger charge is 2.25. The zero-order chi connectivity index (χ0) is 18.5. The highest BCUT2D eigenvalue weighted by atomic mass is 19.2. The Labute approximate surface area is 155 Å². The van der Waals surface area contributed by atoms with Crippen molar-refractivity contribution in [3.63, 3.8) is 0 Å². The van der Waals surface area contributed by atoms with Crippen LogP contribution in [0.25, 0.3) is 11.1 Å². The van der Waals surface area contributed by atoms with Crippen LogP contribution in [0.3, 0.4) is 0 Å². The van der Waals surface area contributed by atoms with Gasteiger partial charge in [0.05, 0.1) is 6.61 Å². The molecule has 1 nitrogen and oxygen atoms in total. The first kappa shape index (κ1) is 18.9. The normalized spacial score (nSPS) is 19.7. The topological polar surface area (TPSA) is 9.23 Å². The number of rotatable bonds is 7. The van der Waals surface area contributed by atoms with Crippen LogP contribution < -0.4 is 4.74 Å². The highest BCUT2D eigenvalue weighted by molar-refractivity contribution is 5.65. The largest absolute Gasteiger partial charge is 0.491 e. The lowest BCUT2D eigenvalue weighted by atomic mass is 9.93. The van der Waals surface area contributed by atoms with Gasteiger partial charge in [-0.1, -0.05) is 50.5 Å². The molecule has 1 aliphatic rings. The molecule has 0 saturated heterocycles. The summed E-state index contributed by atoms with van der Waals surface area (Å²) in [5.41, 5.74) is 2.30. The molecule has 1 aliphatic carbocycles. The maximum Gasteiger partial charge on any atom is 0.201 e. The summed E-state index contributed by atoms with van der Waals surface area (Å²) in [5.74, 6) is -0.341. The second-order valence-electron chi connectivity index (χ2n) is 7.31. The molecule has 0 amide bonds. The third kappa shape index (κ3) is 4.08. The number of benzene rings is 2. The van der Waals surface area contributed by atoms with E-state index in [-0.39, 0.29) is 11.3 Å². The Bertz CT molecular complexity index is 724. The second kappa shape index (κ2) is 8.66. The molecule has 0 bridgehead atoms. The van der Waals surface area contributed by atoms with E-state index in [4.69, 9.17) is 4.74 Å². The van der Waals surface area contributed by atoms with Crippen LogP contribution >= 0.6 is 0 Å². The maximum atomic E-state index is 14.4. The predicted octanol–water partition coefficient (Wildman–Crippen LogP) is 7.10. The first-order chi connectivity index (χ1) is 12.6. The van der Waals surface area contributed by atoms with Crippen molar-refractivity contribution in [1.29, 1.82) is 0 Å².